The number of aliphatic carboxylic acids is 1. The van der Waals surface area contributed by atoms with Crippen molar-refractivity contribution in [2.45, 2.75) is 71.0 Å². The van der Waals surface area contributed by atoms with Crippen LogP contribution in [-0.2, 0) is 4.79 Å². The Morgan fingerprint density at radius 1 is 1.32 bits per heavy atom. The number of fused-ring (bicyclic) bond motifs is 1. The van der Waals surface area contributed by atoms with Gasteiger partial charge >= 0.3 is 5.97 Å². The zero-order valence-corrected chi connectivity index (χ0v) is 18.7. The second kappa shape index (κ2) is 7.10. The summed E-state index contributed by atoms with van der Waals surface area (Å²) in [7, 11) is -2.01. The molecule has 2 aromatic rings. The van der Waals surface area contributed by atoms with Gasteiger partial charge in [0.1, 0.15) is 11.3 Å². The number of rotatable bonds is 4. The maximum Gasteiger partial charge on any atom is 0.306 e. The van der Waals surface area contributed by atoms with Crippen LogP contribution in [0.1, 0.15) is 58.8 Å². The van der Waals surface area contributed by atoms with Crippen LogP contribution in [0.2, 0.25) is 18.1 Å². The maximum atomic E-state index is 11.3. The van der Waals surface area contributed by atoms with Gasteiger partial charge in [-0.25, -0.2) is 4.98 Å². The molecule has 0 spiro atoms. The van der Waals surface area contributed by atoms with Gasteiger partial charge in [-0.15, -0.1) is 0 Å². The van der Waals surface area contributed by atoms with Crippen molar-refractivity contribution >= 4 is 31.1 Å². The Bertz CT molecular complexity index is 884. The third-order valence-corrected chi connectivity index (χ3v) is 10.9. The number of nitrogens with two attached hydrogens (primary N) is 1. The van der Waals surface area contributed by atoms with E-state index in [1.165, 1.54) is 0 Å². The summed E-state index contributed by atoms with van der Waals surface area (Å²) in [6, 6.07) is 3.67. The van der Waals surface area contributed by atoms with E-state index in [2.05, 4.69) is 33.9 Å². The number of oxazole rings is 1. The summed E-state index contributed by atoms with van der Waals surface area (Å²) in [6.45, 7) is 12.9. The van der Waals surface area contributed by atoms with E-state index in [4.69, 9.17) is 19.6 Å². The lowest BCUT2D eigenvalue weighted by molar-refractivity contribution is -0.144. The molecule has 1 aromatic heterocycles. The van der Waals surface area contributed by atoms with Crippen LogP contribution in [-0.4, -0.2) is 24.4 Å². The van der Waals surface area contributed by atoms with Gasteiger partial charge in [-0.3, -0.25) is 4.79 Å². The molecule has 3 N–H and O–H groups in total. The third-order valence-electron chi connectivity index (χ3n) is 6.54. The van der Waals surface area contributed by atoms with Crippen LogP contribution < -0.4 is 10.2 Å². The van der Waals surface area contributed by atoms with Crippen LogP contribution in [0.15, 0.2) is 16.5 Å². The van der Waals surface area contributed by atoms with E-state index in [0.717, 1.165) is 18.4 Å². The van der Waals surface area contributed by atoms with E-state index in [1.807, 2.05) is 13.0 Å². The molecule has 3 atom stereocenters. The lowest BCUT2D eigenvalue weighted by atomic mass is 9.75. The monoisotopic (exact) mass is 404 g/mol. The second-order valence-electron chi connectivity index (χ2n) is 9.70. The van der Waals surface area contributed by atoms with Gasteiger partial charge in [0.25, 0.3) is 8.32 Å². The van der Waals surface area contributed by atoms with Gasteiger partial charge in [0.05, 0.1) is 11.6 Å². The summed E-state index contributed by atoms with van der Waals surface area (Å²) >= 11 is 0. The molecule has 154 valence electrons. The van der Waals surface area contributed by atoms with Crippen molar-refractivity contribution in [1.82, 2.24) is 4.98 Å². The van der Waals surface area contributed by atoms with Crippen LogP contribution in [0.25, 0.3) is 11.1 Å². The summed E-state index contributed by atoms with van der Waals surface area (Å²) in [5, 5.41) is 9.40. The Morgan fingerprint density at radius 2 is 2.00 bits per heavy atom. The quantitative estimate of drug-likeness (QED) is 0.523. The Kier molecular flexibility index (Phi) is 5.25. The average Bonchev–Trinajstić information content (AvgIpc) is 2.96. The van der Waals surface area contributed by atoms with Crippen molar-refractivity contribution in [2.24, 2.45) is 11.8 Å². The minimum Gasteiger partial charge on any atom is -0.542 e. The predicted octanol–water partition coefficient (Wildman–Crippen LogP) is 5.40. The molecule has 0 bridgehead atoms. The van der Waals surface area contributed by atoms with Crippen molar-refractivity contribution in [3.05, 3.63) is 18.0 Å². The molecule has 1 aromatic carbocycles. The first-order valence-corrected chi connectivity index (χ1v) is 12.9. The van der Waals surface area contributed by atoms with Crippen LogP contribution in [0.3, 0.4) is 0 Å². The lowest BCUT2D eigenvalue weighted by Crippen LogP contribution is -2.44. The molecule has 1 heterocycles. The molecule has 1 saturated carbocycles. The molecule has 1 aliphatic carbocycles. The van der Waals surface area contributed by atoms with Crippen LogP contribution >= 0.6 is 0 Å². The highest BCUT2D eigenvalue weighted by molar-refractivity contribution is 6.74. The number of carboxylic acid groups (broad SMARTS) is 1. The molecule has 0 aliphatic heterocycles. The van der Waals surface area contributed by atoms with Crippen molar-refractivity contribution in [3.63, 3.8) is 0 Å². The minimum atomic E-state index is -2.01. The number of benzene rings is 1. The molecule has 0 amide bonds. The number of carboxylic acids is 1. The van der Waals surface area contributed by atoms with Gasteiger partial charge in [0, 0.05) is 18.1 Å². The third kappa shape index (κ3) is 3.90. The van der Waals surface area contributed by atoms with Crippen molar-refractivity contribution in [2.75, 3.05) is 5.73 Å². The molecule has 3 unspecified atom stereocenters. The van der Waals surface area contributed by atoms with E-state index in [1.54, 1.807) is 6.07 Å². The molecule has 1 fully saturated rings. The van der Waals surface area contributed by atoms with E-state index in [-0.39, 0.29) is 22.8 Å². The van der Waals surface area contributed by atoms with E-state index in [9.17, 15) is 9.90 Å². The molecule has 3 rings (SSSR count). The maximum absolute atomic E-state index is 11.3. The fourth-order valence-electron chi connectivity index (χ4n) is 3.67. The van der Waals surface area contributed by atoms with Gasteiger partial charge < -0.3 is 19.7 Å². The number of carbonyl (C=O) groups is 1. The van der Waals surface area contributed by atoms with Gasteiger partial charge in [0.2, 0.25) is 0 Å². The standard InChI is InChI=1S/C21H32N2O4Si/c1-12-9-13(7-8-14(12)20(24)25)19-23-16-11-17(15(22)10-18(16)26-19)27-28(5,6)21(2,3)4/h10-14H,7-9,22H2,1-6H3,(H,24,25). The van der Waals surface area contributed by atoms with Crippen molar-refractivity contribution in [1.29, 1.82) is 0 Å². The molecular formula is C21H32N2O4Si. The lowest BCUT2D eigenvalue weighted by Gasteiger charge is -2.36. The van der Waals surface area contributed by atoms with Crippen LogP contribution in [0, 0.1) is 11.8 Å². The zero-order valence-electron chi connectivity index (χ0n) is 17.7. The second-order valence-corrected chi connectivity index (χ2v) is 14.4. The van der Waals surface area contributed by atoms with Gasteiger partial charge in [0.15, 0.2) is 11.5 Å². The number of nitrogens with zero attached hydrogens (tertiary/aromatic N) is 1. The number of hydrogen-bond acceptors (Lipinski definition) is 5. The van der Waals surface area contributed by atoms with Crippen LogP contribution in [0.5, 0.6) is 5.75 Å². The molecule has 0 radical (unpaired) electrons. The van der Waals surface area contributed by atoms with Crippen molar-refractivity contribution in [3.8, 4) is 5.75 Å². The van der Waals surface area contributed by atoms with Gasteiger partial charge in [-0.1, -0.05) is 27.7 Å². The summed E-state index contributed by atoms with van der Waals surface area (Å²) in [5.41, 5.74) is 8.20. The topological polar surface area (TPSA) is 98.6 Å². The number of hydrogen-bond donors (Lipinski definition) is 2. The van der Waals surface area contributed by atoms with E-state index in [0.29, 0.717) is 29.3 Å². The summed E-state index contributed by atoms with van der Waals surface area (Å²) in [6.07, 6.45) is 2.20. The first-order valence-electron chi connectivity index (χ1n) is 10.0. The number of nitrogen functional groups attached to an aromatic ring is 1. The summed E-state index contributed by atoms with van der Waals surface area (Å²) < 4.78 is 12.4. The summed E-state index contributed by atoms with van der Waals surface area (Å²) in [4.78, 5) is 16.0. The molecule has 6 nitrogen and oxygen atoms in total. The smallest absolute Gasteiger partial charge is 0.306 e. The predicted molar refractivity (Wildman–Crippen MR) is 113 cm³/mol. The first-order chi connectivity index (χ1) is 12.9. The fourth-order valence-corrected chi connectivity index (χ4v) is 4.70. The minimum absolute atomic E-state index is 0.0717. The highest BCUT2D eigenvalue weighted by Crippen LogP contribution is 2.42. The molecule has 28 heavy (non-hydrogen) atoms. The normalized spacial score (nSPS) is 23.7. The van der Waals surface area contributed by atoms with E-state index < -0.39 is 14.3 Å². The summed E-state index contributed by atoms with van der Waals surface area (Å²) in [5.74, 6) is 0.610. The molecule has 7 heteroatoms. The van der Waals surface area contributed by atoms with Crippen LogP contribution in [0.4, 0.5) is 5.69 Å². The fraction of sp³-hybridized carbons (Fsp3) is 0.619. The SMILES string of the molecule is CC1CC(c2nc3cc(O[Si](C)(C)C(C)(C)C)c(N)cc3o2)CCC1C(=O)O. The average molecular weight is 405 g/mol. The van der Waals surface area contributed by atoms with Gasteiger partial charge in [-0.2, -0.15) is 0 Å². The first kappa shape index (κ1) is 20.7. The zero-order chi connectivity index (χ0) is 20.9. The number of anilines is 1. The van der Waals surface area contributed by atoms with Crippen molar-refractivity contribution < 1.29 is 18.7 Å². The Balaban J connectivity index is 1.86. The highest BCUT2D eigenvalue weighted by Gasteiger charge is 2.39. The largest absolute Gasteiger partial charge is 0.542 e. The Morgan fingerprint density at radius 3 is 2.57 bits per heavy atom. The number of aromatic nitrogens is 1. The highest BCUT2D eigenvalue weighted by atomic mass is 28.4. The van der Waals surface area contributed by atoms with Gasteiger partial charge in [-0.05, 0) is 43.3 Å². The van der Waals surface area contributed by atoms with E-state index >= 15 is 0 Å². The molecular weight excluding hydrogens is 372 g/mol. The molecule has 1 aliphatic rings. The Labute approximate surface area is 167 Å². The Hall–Kier alpha value is -2.02. The molecule has 0 saturated heterocycles.